The van der Waals surface area contributed by atoms with Crippen LogP contribution in [-0.2, 0) is 4.74 Å². The minimum Gasteiger partial charge on any atom is -0.489 e. The molecule has 1 unspecified atom stereocenters. The number of hydrogen-bond donors (Lipinski definition) is 1. The van der Waals surface area contributed by atoms with E-state index in [9.17, 15) is 18.3 Å². The summed E-state index contributed by atoms with van der Waals surface area (Å²) in [6.07, 6.45) is -3.25. The first-order valence-corrected chi connectivity index (χ1v) is 8.82. The number of allylic oxidation sites excluding steroid dienone is 1. The van der Waals surface area contributed by atoms with Gasteiger partial charge in [0.1, 0.15) is 6.10 Å². The molecule has 26 heavy (non-hydrogen) atoms. The standard InChI is InChI=1S/C20H19F3O2S/c1-2-25-19(20(21,22)23)18(26-16-11-7-4-8-12-16)17(24)14-13-15-9-5-3-6-10-15/h3-14,17,24H,2H2,1H3/b14-13+,19-18+. The Balaban J connectivity index is 2.39. The number of benzene rings is 2. The molecule has 1 atom stereocenters. The molecule has 0 bridgehead atoms. The molecule has 0 aliphatic carbocycles. The van der Waals surface area contributed by atoms with Crippen LogP contribution < -0.4 is 0 Å². The van der Waals surface area contributed by atoms with Crippen molar-refractivity contribution in [2.45, 2.75) is 24.1 Å². The van der Waals surface area contributed by atoms with E-state index in [1.165, 1.54) is 13.0 Å². The Morgan fingerprint density at radius 1 is 1.08 bits per heavy atom. The van der Waals surface area contributed by atoms with Gasteiger partial charge in [0.15, 0.2) is 0 Å². The van der Waals surface area contributed by atoms with Crippen molar-refractivity contribution < 1.29 is 23.0 Å². The lowest BCUT2D eigenvalue weighted by Crippen LogP contribution is -2.21. The molecule has 2 rings (SSSR count). The lowest BCUT2D eigenvalue weighted by atomic mass is 10.2. The summed E-state index contributed by atoms with van der Waals surface area (Å²) < 4.78 is 45.2. The predicted octanol–water partition coefficient (Wildman–Crippen LogP) is 5.66. The molecule has 0 saturated heterocycles. The molecule has 0 spiro atoms. The summed E-state index contributed by atoms with van der Waals surface area (Å²) in [5, 5.41) is 10.4. The molecule has 2 nitrogen and oxygen atoms in total. The zero-order valence-electron chi connectivity index (χ0n) is 14.1. The Morgan fingerprint density at radius 2 is 1.65 bits per heavy atom. The largest absolute Gasteiger partial charge is 0.489 e. The summed E-state index contributed by atoms with van der Waals surface area (Å²) in [4.78, 5) is 0.286. The normalized spacial score (nSPS) is 14.2. The Kier molecular flexibility index (Phi) is 7.36. The van der Waals surface area contributed by atoms with E-state index < -0.39 is 18.0 Å². The van der Waals surface area contributed by atoms with Crippen molar-refractivity contribution in [3.05, 3.63) is 83.0 Å². The topological polar surface area (TPSA) is 29.5 Å². The molecule has 6 heteroatoms. The fourth-order valence-corrected chi connectivity index (χ4v) is 3.16. The summed E-state index contributed by atoms with van der Waals surface area (Å²) >= 11 is 0.840. The van der Waals surface area contributed by atoms with Gasteiger partial charge in [-0.25, -0.2) is 0 Å². The van der Waals surface area contributed by atoms with Crippen LogP contribution in [0.1, 0.15) is 12.5 Å². The van der Waals surface area contributed by atoms with Crippen LogP contribution in [0.4, 0.5) is 13.2 Å². The molecule has 2 aromatic carbocycles. The van der Waals surface area contributed by atoms with Crippen LogP contribution in [0.5, 0.6) is 0 Å². The Morgan fingerprint density at radius 3 is 2.19 bits per heavy atom. The molecule has 0 fully saturated rings. The molecule has 1 N–H and O–H groups in total. The number of alkyl halides is 3. The summed E-state index contributed by atoms with van der Waals surface area (Å²) in [5.41, 5.74) is 0.778. The molecule has 0 aliphatic rings. The number of thioether (sulfide) groups is 1. The maximum atomic E-state index is 13.5. The smallest absolute Gasteiger partial charge is 0.449 e. The second-order valence-corrected chi connectivity index (χ2v) is 6.37. The van der Waals surface area contributed by atoms with Gasteiger partial charge in [-0.1, -0.05) is 72.4 Å². The number of rotatable bonds is 7. The minimum atomic E-state index is -4.70. The summed E-state index contributed by atoms with van der Waals surface area (Å²) in [6.45, 7) is 1.32. The van der Waals surface area contributed by atoms with E-state index in [0.717, 1.165) is 17.3 Å². The second kappa shape index (κ2) is 9.50. The summed E-state index contributed by atoms with van der Waals surface area (Å²) in [5.74, 6) is -1.17. The van der Waals surface area contributed by atoms with Crippen molar-refractivity contribution in [2.75, 3.05) is 6.61 Å². The first-order chi connectivity index (χ1) is 12.4. The molecule has 2 aromatic rings. The van der Waals surface area contributed by atoms with Gasteiger partial charge in [-0.05, 0) is 24.6 Å². The molecule has 0 aliphatic heterocycles. The van der Waals surface area contributed by atoms with E-state index in [-0.39, 0.29) is 11.5 Å². The van der Waals surface area contributed by atoms with Gasteiger partial charge in [0.25, 0.3) is 0 Å². The van der Waals surface area contributed by atoms with E-state index >= 15 is 0 Å². The van der Waals surface area contributed by atoms with Crippen LogP contribution in [0, 0.1) is 0 Å². The van der Waals surface area contributed by atoms with Gasteiger partial charge in [0, 0.05) is 4.90 Å². The van der Waals surface area contributed by atoms with E-state index in [0.29, 0.717) is 4.90 Å². The number of hydrogen-bond acceptors (Lipinski definition) is 3. The van der Waals surface area contributed by atoms with Crippen LogP contribution in [0.15, 0.2) is 82.3 Å². The Labute approximate surface area is 155 Å². The third kappa shape index (κ3) is 5.97. The zero-order chi connectivity index (χ0) is 19.0. The van der Waals surface area contributed by atoms with Gasteiger partial charge in [0.2, 0.25) is 5.76 Å². The third-order valence-corrected chi connectivity index (χ3v) is 4.43. The molecular formula is C20H19F3O2S. The highest BCUT2D eigenvalue weighted by molar-refractivity contribution is 8.03. The maximum absolute atomic E-state index is 13.5. The van der Waals surface area contributed by atoms with Crippen molar-refractivity contribution in [2.24, 2.45) is 0 Å². The van der Waals surface area contributed by atoms with Crippen LogP contribution >= 0.6 is 11.8 Å². The van der Waals surface area contributed by atoms with Crippen molar-refractivity contribution in [1.29, 1.82) is 0 Å². The maximum Gasteiger partial charge on any atom is 0.449 e. The van der Waals surface area contributed by atoms with E-state index in [4.69, 9.17) is 4.74 Å². The van der Waals surface area contributed by atoms with Gasteiger partial charge in [-0.15, -0.1) is 0 Å². The minimum absolute atomic E-state index is 0.150. The quantitative estimate of drug-likeness (QED) is 0.496. The van der Waals surface area contributed by atoms with Crippen LogP contribution in [-0.4, -0.2) is 24.0 Å². The summed E-state index contributed by atoms with van der Waals surface area (Å²) in [6, 6.07) is 17.6. The van der Waals surface area contributed by atoms with Crippen LogP contribution in [0.25, 0.3) is 6.08 Å². The first kappa shape index (κ1) is 20.1. The van der Waals surface area contributed by atoms with E-state index in [1.54, 1.807) is 48.5 Å². The van der Waals surface area contributed by atoms with E-state index in [2.05, 4.69) is 0 Å². The number of ether oxygens (including phenoxy) is 1. The first-order valence-electron chi connectivity index (χ1n) is 8.00. The van der Waals surface area contributed by atoms with Gasteiger partial charge in [-0.3, -0.25) is 0 Å². The molecule has 0 heterocycles. The van der Waals surface area contributed by atoms with Gasteiger partial charge < -0.3 is 9.84 Å². The molecule has 0 amide bonds. The number of halogens is 3. The van der Waals surface area contributed by atoms with Gasteiger partial charge in [-0.2, -0.15) is 13.2 Å². The molecule has 138 valence electrons. The van der Waals surface area contributed by atoms with Gasteiger partial charge >= 0.3 is 6.18 Å². The van der Waals surface area contributed by atoms with Crippen molar-refractivity contribution in [3.63, 3.8) is 0 Å². The van der Waals surface area contributed by atoms with Crippen molar-refractivity contribution >= 4 is 17.8 Å². The molecule has 0 aromatic heterocycles. The second-order valence-electron chi connectivity index (χ2n) is 5.25. The Hall–Kier alpha value is -2.18. The van der Waals surface area contributed by atoms with Gasteiger partial charge in [0.05, 0.1) is 11.5 Å². The monoisotopic (exact) mass is 380 g/mol. The van der Waals surface area contributed by atoms with Crippen LogP contribution in [0.2, 0.25) is 0 Å². The highest BCUT2D eigenvalue weighted by Crippen LogP contribution is 2.39. The zero-order valence-corrected chi connectivity index (χ0v) is 14.9. The predicted molar refractivity (Wildman–Crippen MR) is 98.5 cm³/mol. The molecule has 0 radical (unpaired) electrons. The number of aliphatic hydroxyl groups excluding tert-OH is 1. The van der Waals surface area contributed by atoms with Crippen LogP contribution in [0.3, 0.4) is 0 Å². The molecule has 0 saturated carbocycles. The highest BCUT2D eigenvalue weighted by Gasteiger charge is 2.40. The average Bonchev–Trinajstić information content (AvgIpc) is 2.63. The lowest BCUT2D eigenvalue weighted by Gasteiger charge is -2.20. The third-order valence-electron chi connectivity index (χ3n) is 3.28. The SMILES string of the molecule is CCO/C(=C(/Sc1ccccc1)C(O)/C=C/c1ccccc1)C(F)(F)F. The number of aliphatic hydroxyl groups is 1. The fraction of sp³-hybridized carbons (Fsp3) is 0.200. The van der Waals surface area contributed by atoms with Crippen molar-refractivity contribution in [1.82, 2.24) is 0 Å². The molecular weight excluding hydrogens is 361 g/mol. The van der Waals surface area contributed by atoms with E-state index in [1.807, 2.05) is 18.2 Å². The fourth-order valence-electron chi connectivity index (χ4n) is 2.15. The highest BCUT2D eigenvalue weighted by atomic mass is 32.2. The van der Waals surface area contributed by atoms with Crippen molar-refractivity contribution in [3.8, 4) is 0 Å². The lowest BCUT2D eigenvalue weighted by molar-refractivity contribution is -0.131. The summed E-state index contributed by atoms with van der Waals surface area (Å²) in [7, 11) is 0. The average molecular weight is 380 g/mol. The Bertz CT molecular complexity index is 741.